The second-order valence-corrected chi connectivity index (χ2v) is 6.75. The topological polar surface area (TPSA) is 42.7 Å². The molecule has 1 aromatic heterocycles. The minimum absolute atomic E-state index is 0.409. The number of carbonyl (C=O) groups is 1. The minimum Gasteiger partial charge on any atom is -0.497 e. The van der Waals surface area contributed by atoms with E-state index in [2.05, 4.69) is 36.4 Å². The van der Waals surface area contributed by atoms with Gasteiger partial charge in [0.25, 0.3) is 0 Å². The molecule has 0 aliphatic carbocycles. The number of methoxy groups -OCH3 is 2. The lowest BCUT2D eigenvalue weighted by Crippen LogP contribution is -2.61. The maximum absolute atomic E-state index is 11.8. The lowest BCUT2D eigenvalue weighted by molar-refractivity contribution is -0.692. The van der Waals surface area contributed by atoms with Crippen LogP contribution in [-0.2, 0) is 4.74 Å². The number of benzene rings is 2. The van der Waals surface area contributed by atoms with Crippen LogP contribution in [0.1, 0.15) is 11.4 Å². The summed E-state index contributed by atoms with van der Waals surface area (Å²) < 4.78 is 50.9. The van der Waals surface area contributed by atoms with E-state index in [0.29, 0.717) is 0 Å². The molecule has 0 saturated carbocycles. The van der Waals surface area contributed by atoms with Crippen molar-refractivity contribution in [3.05, 3.63) is 59.9 Å². The van der Waals surface area contributed by atoms with Crippen molar-refractivity contribution >= 4 is 24.1 Å². The molecule has 0 unspecified atom stereocenters. The summed E-state index contributed by atoms with van der Waals surface area (Å²) in [5.74, 6) is 0.850. The average molecular weight is 438 g/mol. The third-order valence-electron chi connectivity index (χ3n) is 4.52. The summed E-state index contributed by atoms with van der Waals surface area (Å²) in [4.78, 5) is 11.8. The van der Waals surface area contributed by atoms with Gasteiger partial charge in [0.1, 0.15) is 5.75 Å². The molecule has 1 amide bonds. The SMILES string of the molecule is COC(=O)N(C)[n+]1c(C)cc(-c2ccc3cc(OC)ccc3c2)cc1C.F[B-](F)(F)F. The summed E-state index contributed by atoms with van der Waals surface area (Å²) in [5.41, 5.74) is 4.12. The van der Waals surface area contributed by atoms with Gasteiger partial charge in [-0.2, -0.15) is 0 Å². The Bertz CT molecular complexity index is 1060. The fraction of sp³-hybridized carbons (Fsp3) is 0.238. The molecule has 2 aromatic carbocycles. The van der Waals surface area contributed by atoms with Crippen molar-refractivity contribution in [1.29, 1.82) is 0 Å². The predicted octanol–water partition coefficient (Wildman–Crippen LogP) is 5.05. The fourth-order valence-electron chi connectivity index (χ4n) is 3.28. The van der Waals surface area contributed by atoms with Crippen LogP contribution in [0.3, 0.4) is 0 Å². The van der Waals surface area contributed by atoms with Gasteiger partial charge in [-0.25, -0.2) is 4.79 Å². The average Bonchev–Trinajstić information content (AvgIpc) is 2.70. The zero-order valence-corrected chi connectivity index (χ0v) is 17.8. The molecule has 0 saturated heterocycles. The van der Waals surface area contributed by atoms with Gasteiger partial charge in [0.15, 0.2) is 0 Å². The van der Waals surface area contributed by atoms with E-state index < -0.39 is 13.3 Å². The van der Waals surface area contributed by atoms with E-state index in [1.807, 2.05) is 30.7 Å². The van der Waals surface area contributed by atoms with Crippen LogP contribution in [0.15, 0.2) is 48.5 Å². The Morgan fingerprint density at radius 2 is 1.39 bits per heavy atom. The highest BCUT2D eigenvalue weighted by atomic mass is 19.5. The molecule has 0 N–H and O–H groups in total. The van der Waals surface area contributed by atoms with Gasteiger partial charge in [0.05, 0.1) is 21.3 Å². The van der Waals surface area contributed by atoms with Crippen LogP contribution >= 0.6 is 0 Å². The molecule has 0 aliphatic heterocycles. The Morgan fingerprint density at radius 1 is 0.871 bits per heavy atom. The number of hydrogen-bond donors (Lipinski definition) is 0. The molecule has 0 bridgehead atoms. The van der Waals surface area contributed by atoms with Crippen molar-refractivity contribution in [2.75, 3.05) is 26.3 Å². The minimum atomic E-state index is -6.00. The first-order chi connectivity index (χ1) is 14.4. The molecule has 3 rings (SSSR count). The second kappa shape index (κ2) is 9.68. The Balaban J connectivity index is 0.000000614. The summed E-state index contributed by atoms with van der Waals surface area (Å²) in [7, 11) is -1.26. The summed E-state index contributed by atoms with van der Waals surface area (Å²) >= 11 is 0. The highest BCUT2D eigenvalue weighted by molar-refractivity contribution is 6.50. The van der Waals surface area contributed by atoms with E-state index in [9.17, 15) is 22.1 Å². The molecule has 0 spiro atoms. The molecule has 3 aromatic rings. The zero-order valence-electron chi connectivity index (χ0n) is 17.8. The lowest BCUT2D eigenvalue weighted by Gasteiger charge is -2.14. The molecule has 0 radical (unpaired) electrons. The molecule has 1 heterocycles. The van der Waals surface area contributed by atoms with E-state index in [4.69, 9.17) is 9.47 Å². The van der Waals surface area contributed by atoms with Crippen LogP contribution in [0.25, 0.3) is 21.9 Å². The van der Waals surface area contributed by atoms with Crippen LogP contribution in [0.2, 0.25) is 0 Å². The number of carbonyl (C=O) groups excluding carboxylic acids is 1. The third kappa shape index (κ3) is 6.34. The zero-order chi connectivity index (χ0) is 23.3. The van der Waals surface area contributed by atoms with Crippen LogP contribution in [-0.4, -0.2) is 34.6 Å². The number of hydrogen-bond acceptors (Lipinski definition) is 3. The van der Waals surface area contributed by atoms with Gasteiger partial charge >= 0.3 is 13.3 Å². The molecule has 0 atom stereocenters. The van der Waals surface area contributed by atoms with E-state index in [-0.39, 0.29) is 0 Å². The van der Waals surface area contributed by atoms with Crippen LogP contribution in [0, 0.1) is 13.8 Å². The fourth-order valence-corrected chi connectivity index (χ4v) is 3.28. The molecule has 10 heteroatoms. The maximum atomic E-state index is 11.8. The first-order valence-electron chi connectivity index (χ1n) is 9.25. The smallest absolute Gasteiger partial charge is 0.497 e. The van der Waals surface area contributed by atoms with E-state index >= 15 is 0 Å². The monoisotopic (exact) mass is 438 g/mol. The molecule has 166 valence electrons. The second-order valence-electron chi connectivity index (χ2n) is 6.75. The Hall–Kier alpha value is -3.30. The van der Waals surface area contributed by atoms with Crippen molar-refractivity contribution in [2.24, 2.45) is 0 Å². The lowest BCUT2D eigenvalue weighted by atomic mass is 10.0. The molecule has 31 heavy (non-hydrogen) atoms. The highest BCUT2D eigenvalue weighted by Gasteiger charge is 2.24. The summed E-state index contributed by atoms with van der Waals surface area (Å²) in [6, 6.07) is 16.5. The number of amides is 1. The maximum Gasteiger partial charge on any atom is 0.673 e. The molecular weight excluding hydrogens is 415 g/mol. The van der Waals surface area contributed by atoms with E-state index in [0.717, 1.165) is 39.0 Å². The summed E-state index contributed by atoms with van der Waals surface area (Å²) in [6.45, 7) is 3.95. The number of fused-ring (bicyclic) bond motifs is 1. The first-order valence-corrected chi connectivity index (χ1v) is 9.25. The molecule has 5 nitrogen and oxygen atoms in total. The number of ether oxygens (including phenoxy) is 2. The largest absolute Gasteiger partial charge is 0.673 e. The van der Waals surface area contributed by atoms with Gasteiger partial charge in [0, 0.05) is 26.0 Å². The quantitative estimate of drug-likeness (QED) is 0.327. The first kappa shape index (κ1) is 24.0. The van der Waals surface area contributed by atoms with Gasteiger partial charge < -0.3 is 26.7 Å². The number of aromatic nitrogens is 1. The van der Waals surface area contributed by atoms with E-state index in [1.54, 1.807) is 14.2 Å². The Morgan fingerprint density at radius 3 is 1.90 bits per heavy atom. The highest BCUT2D eigenvalue weighted by Crippen LogP contribution is 2.27. The van der Waals surface area contributed by atoms with Crippen molar-refractivity contribution in [3.8, 4) is 16.9 Å². The summed E-state index contributed by atoms with van der Waals surface area (Å²) in [5, 5.41) is 3.75. The normalized spacial score (nSPS) is 10.9. The van der Waals surface area contributed by atoms with Gasteiger partial charge in [0.2, 0.25) is 11.4 Å². The Labute approximate surface area is 177 Å². The molecule has 0 aliphatic rings. The van der Waals surface area contributed by atoms with Crippen molar-refractivity contribution in [2.45, 2.75) is 13.8 Å². The summed E-state index contributed by atoms with van der Waals surface area (Å²) in [6.07, 6.45) is -0.409. The third-order valence-corrected chi connectivity index (χ3v) is 4.52. The van der Waals surface area contributed by atoms with Gasteiger partial charge in [-0.3, -0.25) is 0 Å². The van der Waals surface area contributed by atoms with E-state index in [1.165, 1.54) is 12.1 Å². The van der Waals surface area contributed by atoms with Gasteiger partial charge in [-0.1, -0.05) is 27.9 Å². The van der Waals surface area contributed by atoms with Crippen LogP contribution in [0.4, 0.5) is 22.1 Å². The van der Waals surface area contributed by atoms with Crippen LogP contribution < -0.4 is 14.4 Å². The number of pyridine rings is 1. The van der Waals surface area contributed by atoms with Crippen molar-refractivity contribution < 1.29 is 36.2 Å². The number of rotatable bonds is 3. The molecular formula is C21H23BF4N2O3. The van der Waals surface area contributed by atoms with Crippen LogP contribution in [0.5, 0.6) is 5.75 Å². The standard InChI is InChI=1S/C21H23N2O3.BF4/c1-14-10-19(11-15(2)23(14)22(3)21(24)26-5)17-6-7-18-13-20(25-4)9-8-16(18)12-17;2-1(3,4)5/h6-13H,1-5H3;/q+1;-1. The number of nitrogens with zero attached hydrogens (tertiary/aromatic N) is 2. The van der Waals surface area contributed by atoms with Crippen molar-refractivity contribution in [3.63, 3.8) is 0 Å². The molecule has 0 fully saturated rings. The predicted molar refractivity (Wildman–Crippen MR) is 112 cm³/mol. The van der Waals surface area contributed by atoms with Gasteiger partial charge in [-0.15, -0.1) is 0 Å². The van der Waals surface area contributed by atoms with Crippen molar-refractivity contribution in [1.82, 2.24) is 0 Å². The van der Waals surface area contributed by atoms with Gasteiger partial charge in [-0.05, 0) is 40.1 Å². The number of halogens is 4. The Kier molecular flexibility index (Phi) is 7.48. The number of aryl methyl sites for hydroxylation is 2.